The molecule has 0 aliphatic carbocycles. The van der Waals surface area contributed by atoms with Crippen molar-refractivity contribution in [2.75, 3.05) is 6.61 Å². The van der Waals surface area contributed by atoms with Crippen LogP contribution in [0.2, 0.25) is 0 Å². The summed E-state index contributed by atoms with van der Waals surface area (Å²) >= 11 is 0. The van der Waals surface area contributed by atoms with Gasteiger partial charge in [-0.25, -0.2) is 4.79 Å². The van der Waals surface area contributed by atoms with Crippen LogP contribution in [-0.2, 0) is 11.0 Å². The minimum Gasteiger partial charge on any atom is -0.484 e. The third-order valence-electron chi connectivity index (χ3n) is 1.79. The molecule has 1 aromatic carbocycles. The third kappa shape index (κ3) is 4.32. The van der Waals surface area contributed by atoms with E-state index < -0.39 is 30.3 Å². The highest BCUT2D eigenvalue weighted by Crippen LogP contribution is 2.31. The minimum atomic E-state index is -4.49. The van der Waals surface area contributed by atoms with Crippen molar-refractivity contribution < 1.29 is 27.5 Å². The quantitative estimate of drug-likeness (QED) is 0.860. The van der Waals surface area contributed by atoms with Crippen molar-refractivity contribution in [2.45, 2.75) is 6.18 Å². The smallest absolute Gasteiger partial charge is 0.416 e. The van der Waals surface area contributed by atoms with Gasteiger partial charge in [0.2, 0.25) is 0 Å². The second kappa shape index (κ2) is 5.39. The Labute approximate surface area is 99.7 Å². The molecule has 0 saturated heterocycles. The van der Waals surface area contributed by atoms with E-state index in [2.05, 4.69) is 5.73 Å². The molecule has 0 heterocycles. The zero-order valence-electron chi connectivity index (χ0n) is 8.95. The highest BCUT2D eigenvalue weighted by Gasteiger charge is 2.30. The number of imide groups is 1. The Balaban J connectivity index is 2.63. The maximum absolute atomic E-state index is 12.3. The van der Waals surface area contributed by atoms with Crippen LogP contribution in [0.5, 0.6) is 5.75 Å². The van der Waals surface area contributed by atoms with Crippen LogP contribution >= 0.6 is 0 Å². The number of carbonyl (C=O) groups excluding carboxylic acids is 2. The normalized spacial score (nSPS) is 10.8. The molecule has 0 saturated carbocycles. The summed E-state index contributed by atoms with van der Waals surface area (Å²) in [6.45, 7) is -0.607. The number of alkyl halides is 3. The first-order valence-electron chi connectivity index (χ1n) is 4.68. The van der Waals surface area contributed by atoms with Gasteiger partial charge in [0.05, 0.1) is 5.56 Å². The Kier molecular flexibility index (Phi) is 4.13. The topological polar surface area (TPSA) is 81.4 Å². The Bertz CT molecular complexity index is 460. The number of halogens is 3. The van der Waals surface area contributed by atoms with E-state index in [4.69, 9.17) is 4.74 Å². The van der Waals surface area contributed by atoms with E-state index in [0.29, 0.717) is 0 Å². The van der Waals surface area contributed by atoms with E-state index in [1.165, 1.54) is 6.07 Å². The van der Waals surface area contributed by atoms with Gasteiger partial charge in [-0.05, 0) is 18.2 Å². The number of rotatable bonds is 3. The minimum absolute atomic E-state index is 0.135. The van der Waals surface area contributed by atoms with Crippen molar-refractivity contribution >= 4 is 11.9 Å². The lowest BCUT2D eigenvalue weighted by molar-refractivity contribution is -0.137. The molecule has 8 heteroatoms. The number of primary amides is 1. The summed E-state index contributed by atoms with van der Waals surface area (Å²) in [5.74, 6) is -0.982. The SMILES string of the molecule is NC(=O)NC(=O)COc1cccc(C(F)(F)F)c1. The molecule has 1 rings (SSSR count). The van der Waals surface area contributed by atoms with Crippen LogP contribution in [0.4, 0.5) is 18.0 Å². The molecule has 5 nitrogen and oxygen atoms in total. The van der Waals surface area contributed by atoms with Gasteiger partial charge >= 0.3 is 12.2 Å². The first-order valence-corrected chi connectivity index (χ1v) is 4.68. The second-order valence-electron chi connectivity index (χ2n) is 3.23. The van der Waals surface area contributed by atoms with Gasteiger partial charge < -0.3 is 10.5 Å². The third-order valence-corrected chi connectivity index (χ3v) is 1.79. The maximum Gasteiger partial charge on any atom is 0.416 e. The number of carbonyl (C=O) groups is 2. The fraction of sp³-hybridized carbons (Fsp3) is 0.200. The monoisotopic (exact) mass is 262 g/mol. The van der Waals surface area contributed by atoms with E-state index in [0.717, 1.165) is 18.2 Å². The van der Waals surface area contributed by atoms with E-state index >= 15 is 0 Å². The Morgan fingerprint density at radius 2 is 2.00 bits per heavy atom. The number of ether oxygens (including phenoxy) is 1. The molecule has 98 valence electrons. The summed E-state index contributed by atoms with van der Waals surface area (Å²) in [6, 6.07) is 2.96. The van der Waals surface area contributed by atoms with Crippen molar-refractivity contribution in [1.29, 1.82) is 0 Å². The number of nitrogens with two attached hydrogens (primary N) is 1. The Morgan fingerprint density at radius 1 is 1.33 bits per heavy atom. The van der Waals surface area contributed by atoms with Crippen molar-refractivity contribution in [2.24, 2.45) is 5.73 Å². The predicted molar refractivity (Wildman–Crippen MR) is 54.7 cm³/mol. The van der Waals surface area contributed by atoms with Crippen molar-refractivity contribution in [3.63, 3.8) is 0 Å². The number of hydrogen-bond donors (Lipinski definition) is 2. The van der Waals surface area contributed by atoms with Gasteiger partial charge in [-0.2, -0.15) is 13.2 Å². The van der Waals surface area contributed by atoms with Crippen LogP contribution in [0, 0.1) is 0 Å². The van der Waals surface area contributed by atoms with Crippen LogP contribution in [0.15, 0.2) is 24.3 Å². The molecule has 0 aromatic heterocycles. The van der Waals surface area contributed by atoms with Crippen LogP contribution in [0.3, 0.4) is 0 Å². The van der Waals surface area contributed by atoms with Gasteiger partial charge in [-0.15, -0.1) is 0 Å². The summed E-state index contributed by atoms with van der Waals surface area (Å²) in [5.41, 5.74) is 3.78. The van der Waals surface area contributed by atoms with Crippen LogP contribution in [0.1, 0.15) is 5.56 Å². The molecule has 18 heavy (non-hydrogen) atoms. The lowest BCUT2D eigenvalue weighted by atomic mass is 10.2. The number of benzene rings is 1. The van der Waals surface area contributed by atoms with Gasteiger partial charge in [-0.3, -0.25) is 10.1 Å². The molecule has 0 radical (unpaired) electrons. The van der Waals surface area contributed by atoms with Crippen LogP contribution < -0.4 is 15.8 Å². The Hall–Kier alpha value is -2.25. The number of nitrogens with one attached hydrogen (secondary N) is 1. The van der Waals surface area contributed by atoms with Crippen LogP contribution in [-0.4, -0.2) is 18.5 Å². The largest absolute Gasteiger partial charge is 0.484 e. The molecule has 0 unspecified atom stereocenters. The molecule has 0 bridgehead atoms. The molecule has 0 aliphatic heterocycles. The highest BCUT2D eigenvalue weighted by atomic mass is 19.4. The maximum atomic E-state index is 12.3. The molecule has 0 fully saturated rings. The average Bonchev–Trinajstić information content (AvgIpc) is 2.25. The highest BCUT2D eigenvalue weighted by molar-refractivity contribution is 5.94. The first-order chi connectivity index (χ1) is 8.29. The molecule has 1 aromatic rings. The number of amides is 3. The fourth-order valence-corrected chi connectivity index (χ4v) is 1.08. The van der Waals surface area contributed by atoms with Gasteiger partial charge in [0.25, 0.3) is 5.91 Å². The van der Waals surface area contributed by atoms with Gasteiger partial charge in [0, 0.05) is 0 Å². The lowest BCUT2D eigenvalue weighted by Gasteiger charge is -2.09. The molecule has 0 aliphatic rings. The van der Waals surface area contributed by atoms with Crippen molar-refractivity contribution in [1.82, 2.24) is 5.32 Å². The average molecular weight is 262 g/mol. The molecule has 3 amide bonds. The van der Waals surface area contributed by atoms with E-state index in [1.807, 2.05) is 0 Å². The second-order valence-corrected chi connectivity index (χ2v) is 3.23. The molecular weight excluding hydrogens is 253 g/mol. The van der Waals surface area contributed by atoms with E-state index in [9.17, 15) is 22.8 Å². The summed E-state index contributed by atoms with van der Waals surface area (Å²) in [7, 11) is 0. The number of hydrogen-bond acceptors (Lipinski definition) is 3. The lowest BCUT2D eigenvalue weighted by Crippen LogP contribution is -2.38. The van der Waals surface area contributed by atoms with Gasteiger partial charge in [0.1, 0.15) is 5.75 Å². The van der Waals surface area contributed by atoms with Gasteiger partial charge in [-0.1, -0.05) is 6.07 Å². The molecule has 0 spiro atoms. The van der Waals surface area contributed by atoms with Crippen molar-refractivity contribution in [3.05, 3.63) is 29.8 Å². The summed E-state index contributed by atoms with van der Waals surface area (Å²) in [6.07, 6.45) is -4.49. The summed E-state index contributed by atoms with van der Waals surface area (Å²) < 4.78 is 41.8. The first kappa shape index (κ1) is 13.8. The summed E-state index contributed by atoms with van der Waals surface area (Å²) in [5, 5.41) is 1.71. The zero-order chi connectivity index (χ0) is 13.8. The Morgan fingerprint density at radius 3 is 2.56 bits per heavy atom. The predicted octanol–water partition coefficient (Wildman–Crippen LogP) is 1.28. The molecular formula is C10H9F3N2O3. The van der Waals surface area contributed by atoms with Crippen LogP contribution in [0.25, 0.3) is 0 Å². The standard InChI is InChI=1S/C10H9F3N2O3/c11-10(12,13)6-2-1-3-7(4-6)18-5-8(16)15-9(14)17/h1-4H,5H2,(H3,14,15,16,17). The molecule has 0 atom stereocenters. The zero-order valence-corrected chi connectivity index (χ0v) is 8.95. The number of urea groups is 1. The molecule has 3 N–H and O–H groups in total. The van der Waals surface area contributed by atoms with E-state index in [1.54, 1.807) is 5.32 Å². The summed E-state index contributed by atoms with van der Waals surface area (Å²) in [4.78, 5) is 21.2. The van der Waals surface area contributed by atoms with Crippen molar-refractivity contribution in [3.8, 4) is 5.75 Å². The van der Waals surface area contributed by atoms with E-state index in [-0.39, 0.29) is 5.75 Å². The van der Waals surface area contributed by atoms with Gasteiger partial charge in [0.15, 0.2) is 6.61 Å². The fourth-order valence-electron chi connectivity index (χ4n) is 1.08.